The minimum absolute atomic E-state index is 0.264. The highest BCUT2D eigenvalue weighted by Gasteiger charge is 2.00. The molecule has 0 unspecified atom stereocenters. The Balaban J connectivity index is 2.28. The molecule has 1 aromatic carbocycles. The molecule has 1 aromatic rings. The first-order valence-corrected chi connectivity index (χ1v) is 6.24. The van der Waals surface area contributed by atoms with Gasteiger partial charge >= 0.3 is 0 Å². The number of hydrogen-bond acceptors (Lipinski definition) is 3. The fraction of sp³-hybridized carbons (Fsp3) is 0.571. The Kier molecular flexibility index (Phi) is 6.48. The lowest BCUT2D eigenvalue weighted by atomic mass is 10.0. The topological polar surface area (TPSA) is 49.7 Å². The number of phenolic OH excluding ortho intramolecular Hbond substituents is 1. The third-order valence-electron chi connectivity index (χ3n) is 2.81. The summed E-state index contributed by atoms with van der Waals surface area (Å²) in [4.78, 5) is 0. The van der Waals surface area contributed by atoms with Gasteiger partial charge in [0.2, 0.25) is 0 Å². The van der Waals surface area contributed by atoms with Crippen molar-refractivity contribution in [1.82, 2.24) is 0 Å². The van der Waals surface area contributed by atoms with Crippen molar-refractivity contribution in [1.29, 1.82) is 0 Å². The number of methoxy groups -OCH3 is 1. The molecule has 2 N–H and O–H groups in total. The number of aliphatic hydroxyl groups excluding tert-OH is 1. The average Bonchev–Trinajstić information content (AvgIpc) is 2.33. The van der Waals surface area contributed by atoms with Crippen molar-refractivity contribution in [2.45, 2.75) is 38.5 Å². The molecule has 0 radical (unpaired) electrons. The SMILES string of the molecule is COc1cc(O)cc(CCCCCCCO)c1. The standard InChI is InChI=1S/C14H22O3/c1-17-14-10-12(9-13(16)11-14)7-5-3-2-4-6-8-15/h9-11,15-16H,2-8H2,1H3. The summed E-state index contributed by atoms with van der Waals surface area (Å²) in [6.07, 6.45) is 6.40. The van der Waals surface area contributed by atoms with Crippen LogP contribution in [0.1, 0.15) is 37.7 Å². The van der Waals surface area contributed by atoms with Crippen molar-refractivity contribution in [2.75, 3.05) is 13.7 Å². The molecule has 0 aliphatic rings. The minimum Gasteiger partial charge on any atom is -0.508 e. The van der Waals surface area contributed by atoms with Crippen molar-refractivity contribution in [2.24, 2.45) is 0 Å². The van der Waals surface area contributed by atoms with E-state index < -0.39 is 0 Å². The van der Waals surface area contributed by atoms with E-state index in [1.165, 1.54) is 0 Å². The minimum atomic E-state index is 0.264. The van der Waals surface area contributed by atoms with Gasteiger partial charge in [-0.3, -0.25) is 0 Å². The Morgan fingerprint density at radius 2 is 1.71 bits per heavy atom. The van der Waals surface area contributed by atoms with E-state index in [-0.39, 0.29) is 5.75 Å². The van der Waals surface area contributed by atoms with E-state index in [2.05, 4.69) is 0 Å². The van der Waals surface area contributed by atoms with E-state index in [4.69, 9.17) is 9.84 Å². The second kappa shape index (κ2) is 7.96. The first-order chi connectivity index (χ1) is 8.26. The normalized spacial score (nSPS) is 10.5. The fourth-order valence-corrected chi connectivity index (χ4v) is 1.88. The van der Waals surface area contributed by atoms with Gasteiger partial charge in [0, 0.05) is 12.7 Å². The molecule has 0 aliphatic heterocycles. The molecule has 96 valence electrons. The van der Waals surface area contributed by atoms with Crippen LogP contribution < -0.4 is 4.74 Å². The van der Waals surface area contributed by atoms with Gasteiger partial charge in [0.05, 0.1) is 7.11 Å². The molecule has 0 heterocycles. The lowest BCUT2D eigenvalue weighted by molar-refractivity contribution is 0.282. The number of phenols is 1. The Bertz CT molecular complexity index is 323. The lowest BCUT2D eigenvalue weighted by Crippen LogP contribution is -1.90. The van der Waals surface area contributed by atoms with Crippen LogP contribution in [0.2, 0.25) is 0 Å². The Hall–Kier alpha value is -1.22. The van der Waals surface area contributed by atoms with Crippen LogP contribution in [0.25, 0.3) is 0 Å². The molecule has 1 rings (SSSR count). The van der Waals surface area contributed by atoms with Gasteiger partial charge in [0.1, 0.15) is 11.5 Å². The number of hydrogen-bond donors (Lipinski definition) is 2. The van der Waals surface area contributed by atoms with Crippen LogP contribution in [0.3, 0.4) is 0 Å². The summed E-state index contributed by atoms with van der Waals surface area (Å²) < 4.78 is 5.11. The van der Waals surface area contributed by atoms with Crippen molar-refractivity contribution in [3.63, 3.8) is 0 Å². The summed E-state index contributed by atoms with van der Waals surface area (Å²) >= 11 is 0. The maximum Gasteiger partial charge on any atom is 0.122 e. The predicted molar refractivity (Wildman–Crippen MR) is 68.5 cm³/mol. The molecule has 0 amide bonds. The number of aryl methyl sites for hydroxylation is 1. The van der Waals surface area contributed by atoms with Gasteiger partial charge in [0.25, 0.3) is 0 Å². The molecule has 3 nitrogen and oxygen atoms in total. The summed E-state index contributed by atoms with van der Waals surface area (Å²) in [7, 11) is 1.60. The molecule has 0 aromatic heterocycles. The summed E-state index contributed by atoms with van der Waals surface area (Å²) in [6.45, 7) is 0.295. The highest BCUT2D eigenvalue weighted by Crippen LogP contribution is 2.22. The zero-order valence-electron chi connectivity index (χ0n) is 10.5. The van der Waals surface area contributed by atoms with Gasteiger partial charge < -0.3 is 14.9 Å². The summed E-state index contributed by atoms with van der Waals surface area (Å²) in [6, 6.07) is 5.37. The number of aliphatic hydroxyl groups is 1. The average molecular weight is 238 g/mol. The number of benzene rings is 1. The number of ether oxygens (including phenoxy) is 1. The van der Waals surface area contributed by atoms with Crippen molar-refractivity contribution < 1.29 is 14.9 Å². The van der Waals surface area contributed by atoms with Gasteiger partial charge in [-0.1, -0.05) is 19.3 Å². The second-order valence-corrected chi connectivity index (χ2v) is 4.28. The van der Waals surface area contributed by atoms with Gasteiger partial charge in [-0.05, 0) is 37.0 Å². The largest absolute Gasteiger partial charge is 0.508 e. The smallest absolute Gasteiger partial charge is 0.122 e. The van der Waals surface area contributed by atoms with Crippen LogP contribution in [0.4, 0.5) is 0 Å². The van der Waals surface area contributed by atoms with E-state index in [0.717, 1.165) is 44.1 Å². The van der Waals surface area contributed by atoms with Crippen LogP contribution >= 0.6 is 0 Å². The van der Waals surface area contributed by atoms with Crippen LogP contribution in [-0.2, 0) is 6.42 Å². The van der Waals surface area contributed by atoms with E-state index in [0.29, 0.717) is 12.4 Å². The molecule has 0 fully saturated rings. The summed E-state index contributed by atoms with van der Waals surface area (Å²) in [5.41, 5.74) is 1.11. The zero-order chi connectivity index (χ0) is 12.5. The maximum atomic E-state index is 9.49. The van der Waals surface area contributed by atoms with E-state index in [1.54, 1.807) is 19.2 Å². The molecule has 0 saturated carbocycles. The number of rotatable bonds is 8. The van der Waals surface area contributed by atoms with Gasteiger partial charge in [0.15, 0.2) is 0 Å². The maximum absolute atomic E-state index is 9.49. The third kappa shape index (κ3) is 5.59. The molecular weight excluding hydrogens is 216 g/mol. The van der Waals surface area contributed by atoms with Gasteiger partial charge in [-0.15, -0.1) is 0 Å². The van der Waals surface area contributed by atoms with E-state index in [1.807, 2.05) is 6.07 Å². The number of unbranched alkanes of at least 4 members (excludes halogenated alkanes) is 4. The molecule has 0 spiro atoms. The Morgan fingerprint density at radius 3 is 2.41 bits per heavy atom. The predicted octanol–water partition coefficient (Wildman–Crippen LogP) is 2.89. The molecule has 0 aliphatic carbocycles. The zero-order valence-corrected chi connectivity index (χ0v) is 10.5. The highest BCUT2D eigenvalue weighted by molar-refractivity contribution is 5.37. The van der Waals surface area contributed by atoms with Crippen LogP contribution in [-0.4, -0.2) is 23.9 Å². The molecule has 0 atom stereocenters. The first-order valence-electron chi connectivity index (χ1n) is 6.24. The Labute approximate surface area is 103 Å². The molecular formula is C14H22O3. The van der Waals surface area contributed by atoms with Gasteiger partial charge in [-0.25, -0.2) is 0 Å². The van der Waals surface area contributed by atoms with Crippen molar-refractivity contribution in [3.8, 4) is 11.5 Å². The first kappa shape index (κ1) is 13.8. The van der Waals surface area contributed by atoms with E-state index in [9.17, 15) is 5.11 Å². The molecule has 3 heteroatoms. The van der Waals surface area contributed by atoms with Gasteiger partial charge in [-0.2, -0.15) is 0 Å². The molecule has 0 bridgehead atoms. The monoisotopic (exact) mass is 238 g/mol. The second-order valence-electron chi connectivity index (χ2n) is 4.28. The Morgan fingerprint density at radius 1 is 1.00 bits per heavy atom. The van der Waals surface area contributed by atoms with Crippen molar-refractivity contribution in [3.05, 3.63) is 23.8 Å². The van der Waals surface area contributed by atoms with E-state index >= 15 is 0 Å². The van der Waals surface area contributed by atoms with Crippen LogP contribution in [0, 0.1) is 0 Å². The fourth-order valence-electron chi connectivity index (χ4n) is 1.88. The lowest BCUT2D eigenvalue weighted by Gasteiger charge is -2.06. The molecule has 17 heavy (non-hydrogen) atoms. The number of aromatic hydroxyl groups is 1. The summed E-state index contributed by atoms with van der Waals surface area (Å²) in [5, 5.41) is 18.1. The summed E-state index contributed by atoms with van der Waals surface area (Å²) in [5.74, 6) is 0.972. The molecule has 0 saturated heterocycles. The quantitative estimate of drug-likeness (QED) is 0.685. The van der Waals surface area contributed by atoms with Crippen LogP contribution in [0.15, 0.2) is 18.2 Å². The highest BCUT2D eigenvalue weighted by atomic mass is 16.5. The third-order valence-corrected chi connectivity index (χ3v) is 2.81. The van der Waals surface area contributed by atoms with Crippen LogP contribution in [0.5, 0.6) is 11.5 Å². The van der Waals surface area contributed by atoms with Crippen molar-refractivity contribution >= 4 is 0 Å².